The molecule has 2 aromatic rings. The maximum absolute atomic E-state index is 13.2. The van der Waals surface area contributed by atoms with Crippen LogP contribution < -0.4 is 5.73 Å². The quantitative estimate of drug-likeness (QED) is 0.576. The van der Waals surface area contributed by atoms with E-state index in [1.54, 1.807) is 12.1 Å². The third kappa shape index (κ3) is 5.82. The third-order valence-electron chi connectivity index (χ3n) is 5.70. The Bertz CT molecular complexity index is 747. The van der Waals surface area contributed by atoms with Gasteiger partial charge in [0, 0.05) is 24.3 Å². The van der Waals surface area contributed by atoms with E-state index in [-0.39, 0.29) is 11.9 Å². The first kappa shape index (κ1) is 21.4. The molecule has 2 N–H and O–H groups in total. The first-order chi connectivity index (χ1) is 13.6. The van der Waals surface area contributed by atoms with Crippen molar-refractivity contribution in [1.82, 2.24) is 4.31 Å². The van der Waals surface area contributed by atoms with Gasteiger partial charge in [-0.05, 0) is 80.0 Å². The van der Waals surface area contributed by atoms with E-state index in [9.17, 15) is 4.39 Å². The average molecular weight is 401 g/mol. The number of halogens is 1. The second kappa shape index (κ2) is 10.4. The molecular weight excluding hydrogens is 367 g/mol. The Morgan fingerprint density at radius 1 is 1.14 bits per heavy atom. The Morgan fingerprint density at radius 3 is 2.64 bits per heavy atom. The molecule has 0 saturated heterocycles. The van der Waals surface area contributed by atoms with E-state index in [4.69, 9.17) is 5.73 Å². The summed E-state index contributed by atoms with van der Waals surface area (Å²) in [5, 5.41) is 0. The van der Waals surface area contributed by atoms with Gasteiger partial charge in [-0.2, -0.15) is 0 Å². The van der Waals surface area contributed by atoms with Gasteiger partial charge in [0.05, 0.1) is 0 Å². The monoisotopic (exact) mass is 400 g/mol. The predicted octanol–water partition coefficient (Wildman–Crippen LogP) is 5.35. The first-order valence-corrected chi connectivity index (χ1v) is 11.5. The van der Waals surface area contributed by atoms with Crippen LogP contribution in [-0.4, -0.2) is 29.7 Å². The lowest BCUT2D eigenvalue weighted by atomic mass is 9.76. The van der Waals surface area contributed by atoms with E-state index < -0.39 is 0 Å². The van der Waals surface area contributed by atoms with Gasteiger partial charge in [-0.25, -0.2) is 4.39 Å². The number of nitrogens with zero attached hydrogens (tertiary/aromatic N) is 1. The fourth-order valence-corrected chi connectivity index (χ4v) is 4.83. The molecule has 2 nitrogen and oxygen atoms in total. The van der Waals surface area contributed by atoms with E-state index in [2.05, 4.69) is 36.5 Å². The molecule has 2 aromatic carbocycles. The number of benzene rings is 2. The number of hydrogen-bond donors (Lipinski definition) is 1. The molecule has 1 aliphatic rings. The Kier molecular flexibility index (Phi) is 7.95. The van der Waals surface area contributed by atoms with Crippen LogP contribution in [0, 0.1) is 5.82 Å². The Morgan fingerprint density at radius 2 is 1.89 bits per heavy atom. The van der Waals surface area contributed by atoms with Crippen molar-refractivity contribution >= 4 is 11.9 Å². The minimum absolute atomic E-state index is 0.171. The van der Waals surface area contributed by atoms with Crippen LogP contribution in [0.5, 0.6) is 0 Å². The van der Waals surface area contributed by atoms with Crippen molar-refractivity contribution in [3.8, 4) is 0 Å². The van der Waals surface area contributed by atoms with Crippen molar-refractivity contribution in [2.75, 3.05) is 19.3 Å². The van der Waals surface area contributed by atoms with Gasteiger partial charge < -0.3 is 5.73 Å². The molecule has 2 atom stereocenters. The number of nitrogens with two attached hydrogens (primary N) is 1. The zero-order chi connectivity index (χ0) is 19.9. The summed E-state index contributed by atoms with van der Waals surface area (Å²) in [4.78, 5) is 0. The molecule has 1 aliphatic carbocycles. The van der Waals surface area contributed by atoms with Gasteiger partial charge in [0.25, 0.3) is 0 Å². The van der Waals surface area contributed by atoms with E-state index in [1.807, 2.05) is 24.1 Å². The standard InChI is InChI=1S/C24H33FN2S/c1-3-15-28-27(2)14-4-5-18-6-9-20-10-13-24(26)23(22(20)16-18)17-19-7-11-21(25)12-8-19/h6-9,11-12,16,23-24H,3-5,10,13-15,17,26H2,1-2H3. The second-order valence-corrected chi connectivity index (χ2v) is 9.25. The second-order valence-electron chi connectivity index (χ2n) is 7.96. The van der Waals surface area contributed by atoms with Crippen LogP contribution in [0.4, 0.5) is 4.39 Å². The highest BCUT2D eigenvalue weighted by Gasteiger charge is 2.27. The fraction of sp³-hybridized carbons (Fsp3) is 0.500. The predicted molar refractivity (Wildman–Crippen MR) is 119 cm³/mol. The molecule has 2 unspecified atom stereocenters. The molecule has 0 radical (unpaired) electrons. The van der Waals surface area contributed by atoms with Crippen LogP contribution in [0.1, 0.15) is 54.4 Å². The molecule has 3 rings (SSSR count). The normalized spacial score (nSPS) is 19.0. The van der Waals surface area contributed by atoms with E-state index in [1.165, 1.54) is 35.3 Å². The summed E-state index contributed by atoms with van der Waals surface area (Å²) in [6.45, 7) is 3.33. The molecule has 4 heteroatoms. The summed E-state index contributed by atoms with van der Waals surface area (Å²) in [6.07, 6.45) is 6.46. The molecule has 0 amide bonds. The summed E-state index contributed by atoms with van der Waals surface area (Å²) in [5.74, 6) is 1.33. The van der Waals surface area contributed by atoms with Gasteiger partial charge in [-0.15, -0.1) is 0 Å². The SMILES string of the molecule is CCCSN(C)CCCc1ccc2c(c1)C(Cc1ccc(F)cc1)C(N)CC2. The van der Waals surface area contributed by atoms with Crippen LogP contribution in [0.15, 0.2) is 42.5 Å². The fourth-order valence-electron chi connectivity index (χ4n) is 4.08. The summed E-state index contributed by atoms with van der Waals surface area (Å²) in [7, 11) is 2.19. The zero-order valence-electron chi connectivity index (χ0n) is 17.2. The molecule has 0 spiro atoms. The van der Waals surface area contributed by atoms with E-state index in [0.29, 0.717) is 5.92 Å². The van der Waals surface area contributed by atoms with Gasteiger partial charge in [0.2, 0.25) is 0 Å². The van der Waals surface area contributed by atoms with Crippen LogP contribution in [-0.2, 0) is 19.3 Å². The molecule has 28 heavy (non-hydrogen) atoms. The molecular formula is C24H33FN2S. The Balaban J connectivity index is 1.67. The van der Waals surface area contributed by atoms with Crippen molar-refractivity contribution < 1.29 is 4.39 Å². The lowest BCUT2D eigenvalue weighted by Gasteiger charge is -2.32. The molecule has 0 fully saturated rings. The topological polar surface area (TPSA) is 29.3 Å². The molecule has 0 aromatic heterocycles. The zero-order valence-corrected chi connectivity index (χ0v) is 18.0. The summed E-state index contributed by atoms with van der Waals surface area (Å²) >= 11 is 1.93. The van der Waals surface area contributed by atoms with Crippen molar-refractivity contribution in [3.05, 3.63) is 70.5 Å². The number of fused-ring (bicyclic) bond motifs is 1. The smallest absolute Gasteiger partial charge is 0.123 e. The van der Waals surface area contributed by atoms with Gasteiger partial charge in [0.15, 0.2) is 0 Å². The van der Waals surface area contributed by atoms with Crippen LogP contribution in [0.3, 0.4) is 0 Å². The van der Waals surface area contributed by atoms with Gasteiger partial charge >= 0.3 is 0 Å². The third-order valence-corrected chi connectivity index (χ3v) is 6.91. The van der Waals surface area contributed by atoms with E-state index in [0.717, 1.165) is 37.8 Å². The molecule has 0 aliphatic heterocycles. The Hall–Kier alpha value is -1.36. The van der Waals surface area contributed by atoms with Crippen molar-refractivity contribution in [1.29, 1.82) is 0 Å². The summed E-state index contributed by atoms with van der Waals surface area (Å²) < 4.78 is 15.6. The lowest BCUT2D eigenvalue weighted by Crippen LogP contribution is -2.34. The number of hydrogen-bond acceptors (Lipinski definition) is 3. The molecule has 0 bridgehead atoms. The lowest BCUT2D eigenvalue weighted by molar-refractivity contribution is 0.466. The largest absolute Gasteiger partial charge is 0.327 e. The van der Waals surface area contributed by atoms with Gasteiger partial charge in [-0.1, -0.05) is 49.2 Å². The highest BCUT2D eigenvalue weighted by molar-refractivity contribution is 7.96. The highest BCUT2D eigenvalue weighted by Crippen LogP contribution is 2.34. The van der Waals surface area contributed by atoms with Gasteiger partial charge in [0.1, 0.15) is 5.82 Å². The van der Waals surface area contributed by atoms with Crippen LogP contribution >= 0.6 is 11.9 Å². The molecule has 152 valence electrons. The highest BCUT2D eigenvalue weighted by atomic mass is 32.2. The minimum atomic E-state index is -0.179. The Labute approximate surface area is 173 Å². The molecule has 0 heterocycles. The van der Waals surface area contributed by atoms with Crippen LogP contribution in [0.25, 0.3) is 0 Å². The maximum atomic E-state index is 13.2. The minimum Gasteiger partial charge on any atom is -0.327 e. The van der Waals surface area contributed by atoms with Crippen molar-refractivity contribution in [2.24, 2.45) is 5.73 Å². The van der Waals surface area contributed by atoms with Crippen molar-refractivity contribution in [3.63, 3.8) is 0 Å². The first-order valence-electron chi connectivity index (χ1n) is 10.5. The van der Waals surface area contributed by atoms with Crippen molar-refractivity contribution in [2.45, 2.75) is 57.4 Å². The summed E-state index contributed by atoms with van der Waals surface area (Å²) in [6, 6.07) is 14.1. The summed E-state index contributed by atoms with van der Waals surface area (Å²) in [5.41, 5.74) is 11.9. The maximum Gasteiger partial charge on any atom is 0.123 e. The number of aryl methyl sites for hydroxylation is 2. The average Bonchev–Trinajstić information content (AvgIpc) is 2.70. The van der Waals surface area contributed by atoms with Gasteiger partial charge in [-0.3, -0.25) is 4.31 Å². The molecule has 0 saturated carbocycles. The van der Waals surface area contributed by atoms with Crippen LogP contribution in [0.2, 0.25) is 0 Å². The van der Waals surface area contributed by atoms with E-state index >= 15 is 0 Å². The number of rotatable bonds is 9.